The summed E-state index contributed by atoms with van der Waals surface area (Å²) in [6.45, 7) is 7.59. The van der Waals surface area contributed by atoms with Crippen molar-refractivity contribution in [2.24, 2.45) is 0 Å². The predicted molar refractivity (Wildman–Crippen MR) is 94.2 cm³/mol. The Morgan fingerprint density at radius 2 is 2.18 bits per heavy atom. The molecule has 0 aliphatic carbocycles. The highest BCUT2D eigenvalue weighted by Crippen LogP contribution is 2.31. The molecular formula is C16H17BrN2O2S. The molecule has 0 spiro atoms. The molecule has 6 heteroatoms. The minimum absolute atomic E-state index is 0.210. The monoisotopic (exact) mass is 380 g/mol. The molecule has 1 aromatic heterocycles. The van der Waals surface area contributed by atoms with Crippen LogP contribution in [0, 0.1) is 6.92 Å². The van der Waals surface area contributed by atoms with Gasteiger partial charge in [0.25, 0.3) is 5.91 Å². The maximum atomic E-state index is 12.0. The van der Waals surface area contributed by atoms with E-state index in [2.05, 4.69) is 32.8 Å². The third kappa shape index (κ3) is 4.25. The second-order valence-electron chi connectivity index (χ2n) is 4.68. The highest BCUT2D eigenvalue weighted by atomic mass is 79.9. The zero-order valence-corrected chi connectivity index (χ0v) is 14.8. The zero-order chi connectivity index (χ0) is 16.1. The molecule has 0 fully saturated rings. The Hall–Kier alpha value is -1.50. The second kappa shape index (κ2) is 7.67. The zero-order valence-electron chi connectivity index (χ0n) is 12.4. The van der Waals surface area contributed by atoms with Gasteiger partial charge in [-0.2, -0.15) is 0 Å². The number of ether oxygens (including phenoxy) is 1. The van der Waals surface area contributed by atoms with Gasteiger partial charge in [-0.15, -0.1) is 17.9 Å². The Labute approximate surface area is 142 Å². The number of amides is 1. The van der Waals surface area contributed by atoms with Crippen molar-refractivity contribution in [2.45, 2.75) is 20.0 Å². The van der Waals surface area contributed by atoms with E-state index in [1.165, 1.54) is 11.3 Å². The molecule has 22 heavy (non-hydrogen) atoms. The molecule has 0 radical (unpaired) electrons. The summed E-state index contributed by atoms with van der Waals surface area (Å²) in [7, 11) is 0. The average Bonchev–Trinajstić information content (AvgIpc) is 2.86. The summed E-state index contributed by atoms with van der Waals surface area (Å²) in [6.07, 6.45) is 1.07. The number of hydrogen-bond acceptors (Lipinski definition) is 4. The first kappa shape index (κ1) is 16.9. The summed E-state index contributed by atoms with van der Waals surface area (Å²) < 4.78 is 6.32. The van der Waals surface area contributed by atoms with E-state index in [0.29, 0.717) is 11.7 Å². The number of thiazole rings is 1. The van der Waals surface area contributed by atoms with Crippen molar-refractivity contribution in [1.82, 2.24) is 4.98 Å². The van der Waals surface area contributed by atoms with Crippen LogP contribution in [0.1, 0.15) is 11.8 Å². The molecule has 1 N–H and O–H groups in total. The maximum absolute atomic E-state index is 12.0. The SMILES string of the molecule is C=CCOC(C)C(=O)Nc1nc(-c2ccc(Br)cc2)c(C)s1. The van der Waals surface area contributed by atoms with Gasteiger partial charge in [-0.05, 0) is 26.0 Å². The summed E-state index contributed by atoms with van der Waals surface area (Å²) in [4.78, 5) is 17.6. The Bertz CT molecular complexity index is 667. The molecule has 4 nitrogen and oxygen atoms in total. The molecule has 2 rings (SSSR count). The summed E-state index contributed by atoms with van der Waals surface area (Å²) in [6, 6.07) is 7.93. The molecule has 1 aromatic carbocycles. The molecule has 0 saturated carbocycles. The Kier molecular flexibility index (Phi) is 5.88. The summed E-state index contributed by atoms with van der Waals surface area (Å²) in [5, 5.41) is 3.37. The van der Waals surface area contributed by atoms with Crippen LogP contribution in [0.2, 0.25) is 0 Å². The van der Waals surface area contributed by atoms with Gasteiger partial charge in [0.05, 0.1) is 12.3 Å². The van der Waals surface area contributed by atoms with Gasteiger partial charge in [0.15, 0.2) is 5.13 Å². The first-order chi connectivity index (χ1) is 10.5. The molecular weight excluding hydrogens is 364 g/mol. The third-order valence-electron chi connectivity index (χ3n) is 2.98. The average molecular weight is 381 g/mol. The topological polar surface area (TPSA) is 51.2 Å². The third-order valence-corrected chi connectivity index (χ3v) is 4.39. The standard InChI is InChI=1S/C16H17BrN2O2S/c1-4-9-21-10(2)15(20)19-16-18-14(11(3)22-16)12-5-7-13(17)8-6-12/h4-8,10H,1,9H2,2-3H3,(H,18,19,20). The van der Waals surface area contributed by atoms with Gasteiger partial charge >= 0.3 is 0 Å². The molecule has 1 heterocycles. The minimum atomic E-state index is -0.543. The fourth-order valence-electron chi connectivity index (χ4n) is 1.82. The van der Waals surface area contributed by atoms with Gasteiger partial charge in [0.1, 0.15) is 6.10 Å². The van der Waals surface area contributed by atoms with E-state index in [1.54, 1.807) is 13.0 Å². The fraction of sp³-hybridized carbons (Fsp3) is 0.250. The van der Waals surface area contributed by atoms with E-state index < -0.39 is 6.10 Å². The van der Waals surface area contributed by atoms with Gasteiger partial charge in [0.2, 0.25) is 0 Å². The van der Waals surface area contributed by atoms with Crippen molar-refractivity contribution in [3.63, 3.8) is 0 Å². The lowest BCUT2D eigenvalue weighted by molar-refractivity contribution is -0.125. The number of aromatic nitrogens is 1. The van der Waals surface area contributed by atoms with Crippen molar-refractivity contribution in [2.75, 3.05) is 11.9 Å². The fourth-order valence-corrected chi connectivity index (χ4v) is 2.92. The number of carbonyl (C=O) groups excluding carboxylic acids is 1. The highest BCUT2D eigenvalue weighted by molar-refractivity contribution is 9.10. The van der Waals surface area contributed by atoms with Crippen LogP contribution in [0.5, 0.6) is 0 Å². The largest absolute Gasteiger partial charge is 0.365 e. The van der Waals surface area contributed by atoms with Crippen molar-refractivity contribution in [1.29, 1.82) is 0 Å². The second-order valence-corrected chi connectivity index (χ2v) is 6.80. The lowest BCUT2D eigenvalue weighted by Gasteiger charge is -2.10. The van der Waals surface area contributed by atoms with E-state index in [1.807, 2.05) is 31.2 Å². The molecule has 2 aromatic rings. The van der Waals surface area contributed by atoms with Gasteiger partial charge in [0, 0.05) is 14.9 Å². The first-order valence-corrected chi connectivity index (χ1v) is 8.39. The number of nitrogens with zero attached hydrogens (tertiary/aromatic N) is 1. The van der Waals surface area contributed by atoms with E-state index in [-0.39, 0.29) is 5.91 Å². The van der Waals surface area contributed by atoms with Crippen LogP contribution in [0.15, 0.2) is 41.4 Å². The van der Waals surface area contributed by atoms with Crippen LogP contribution in [0.25, 0.3) is 11.3 Å². The van der Waals surface area contributed by atoms with Gasteiger partial charge < -0.3 is 4.74 Å². The quantitative estimate of drug-likeness (QED) is 0.754. The highest BCUT2D eigenvalue weighted by Gasteiger charge is 2.16. The lowest BCUT2D eigenvalue weighted by atomic mass is 10.1. The minimum Gasteiger partial charge on any atom is -0.365 e. The summed E-state index contributed by atoms with van der Waals surface area (Å²) in [5.41, 5.74) is 1.90. The predicted octanol–water partition coefficient (Wildman–Crippen LogP) is 4.41. The molecule has 0 bridgehead atoms. The molecule has 0 saturated heterocycles. The van der Waals surface area contributed by atoms with Crippen LogP contribution in [-0.4, -0.2) is 23.6 Å². The van der Waals surface area contributed by atoms with Gasteiger partial charge in [-0.1, -0.05) is 34.1 Å². The number of hydrogen-bond donors (Lipinski definition) is 1. The van der Waals surface area contributed by atoms with E-state index in [4.69, 9.17) is 4.74 Å². The van der Waals surface area contributed by atoms with Crippen molar-refractivity contribution < 1.29 is 9.53 Å². The number of nitrogens with one attached hydrogen (secondary N) is 1. The summed E-state index contributed by atoms with van der Waals surface area (Å²) >= 11 is 4.87. The van der Waals surface area contributed by atoms with Gasteiger partial charge in [-0.3, -0.25) is 10.1 Å². The van der Waals surface area contributed by atoms with E-state index >= 15 is 0 Å². The van der Waals surface area contributed by atoms with Crippen LogP contribution in [0.4, 0.5) is 5.13 Å². The van der Waals surface area contributed by atoms with Crippen LogP contribution < -0.4 is 5.32 Å². The Balaban J connectivity index is 2.11. The molecule has 116 valence electrons. The summed E-state index contributed by atoms with van der Waals surface area (Å²) in [5.74, 6) is -0.210. The normalized spacial score (nSPS) is 12.0. The molecule has 0 aliphatic rings. The molecule has 1 unspecified atom stereocenters. The maximum Gasteiger partial charge on any atom is 0.255 e. The molecule has 0 aliphatic heterocycles. The van der Waals surface area contributed by atoms with Crippen molar-refractivity contribution >= 4 is 38.3 Å². The van der Waals surface area contributed by atoms with Crippen LogP contribution in [0.3, 0.4) is 0 Å². The first-order valence-electron chi connectivity index (χ1n) is 6.78. The number of anilines is 1. The Morgan fingerprint density at radius 1 is 1.50 bits per heavy atom. The lowest BCUT2D eigenvalue weighted by Crippen LogP contribution is -2.27. The van der Waals surface area contributed by atoms with Crippen molar-refractivity contribution in [3.05, 3.63) is 46.3 Å². The van der Waals surface area contributed by atoms with Gasteiger partial charge in [-0.25, -0.2) is 4.98 Å². The number of halogens is 1. The van der Waals surface area contributed by atoms with Crippen LogP contribution >= 0.6 is 27.3 Å². The number of carbonyl (C=O) groups is 1. The van der Waals surface area contributed by atoms with Crippen molar-refractivity contribution in [3.8, 4) is 11.3 Å². The number of aryl methyl sites for hydroxylation is 1. The number of rotatable bonds is 6. The van der Waals surface area contributed by atoms with E-state index in [0.717, 1.165) is 20.6 Å². The van der Waals surface area contributed by atoms with E-state index in [9.17, 15) is 4.79 Å². The van der Waals surface area contributed by atoms with Crippen LogP contribution in [-0.2, 0) is 9.53 Å². The molecule has 1 amide bonds. The molecule has 1 atom stereocenters. The Morgan fingerprint density at radius 3 is 2.82 bits per heavy atom. The smallest absolute Gasteiger partial charge is 0.255 e. The number of benzene rings is 1.